The van der Waals surface area contributed by atoms with Gasteiger partial charge in [0.2, 0.25) is 5.76 Å². The fourth-order valence-corrected chi connectivity index (χ4v) is 4.23. The molecule has 5 nitrogen and oxygen atoms in total. The summed E-state index contributed by atoms with van der Waals surface area (Å²) in [7, 11) is 0. The number of benzene rings is 2. The lowest BCUT2D eigenvalue weighted by Crippen LogP contribution is -2.29. The largest absolute Gasteiger partial charge is 0.467 e. The Kier molecular flexibility index (Phi) is 4.29. The van der Waals surface area contributed by atoms with Crippen LogP contribution in [-0.2, 0) is 6.54 Å². The molecular weight excluding hydrogens is 402 g/mol. The van der Waals surface area contributed by atoms with Crippen molar-refractivity contribution in [3.8, 4) is 0 Å². The summed E-state index contributed by atoms with van der Waals surface area (Å²) in [4.78, 5) is 28.5. The molecule has 4 aromatic rings. The van der Waals surface area contributed by atoms with E-state index in [4.69, 9.17) is 20.4 Å². The van der Waals surface area contributed by atoms with Gasteiger partial charge in [-0.05, 0) is 66.9 Å². The number of aryl methyl sites for hydroxylation is 2. The van der Waals surface area contributed by atoms with Crippen molar-refractivity contribution in [1.29, 1.82) is 0 Å². The Morgan fingerprint density at radius 2 is 1.83 bits per heavy atom. The third-order valence-corrected chi connectivity index (χ3v) is 5.89. The number of hydrogen-bond donors (Lipinski definition) is 0. The first-order valence-electron chi connectivity index (χ1n) is 9.61. The summed E-state index contributed by atoms with van der Waals surface area (Å²) < 4.78 is 11.5. The minimum absolute atomic E-state index is 0.0762. The van der Waals surface area contributed by atoms with Crippen LogP contribution >= 0.6 is 11.6 Å². The van der Waals surface area contributed by atoms with Crippen LogP contribution in [0.4, 0.5) is 0 Å². The molecule has 30 heavy (non-hydrogen) atoms. The Labute approximate surface area is 177 Å². The van der Waals surface area contributed by atoms with Crippen molar-refractivity contribution in [1.82, 2.24) is 4.90 Å². The van der Waals surface area contributed by atoms with Gasteiger partial charge in [-0.2, -0.15) is 0 Å². The zero-order valence-electron chi connectivity index (χ0n) is 16.4. The summed E-state index contributed by atoms with van der Waals surface area (Å²) in [5, 5.41) is 1.000. The van der Waals surface area contributed by atoms with Crippen molar-refractivity contribution in [2.75, 3.05) is 0 Å². The average molecular weight is 420 g/mol. The van der Waals surface area contributed by atoms with Gasteiger partial charge in [0.1, 0.15) is 11.3 Å². The van der Waals surface area contributed by atoms with E-state index in [2.05, 4.69) is 0 Å². The predicted molar refractivity (Wildman–Crippen MR) is 114 cm³/mol. The normalized spacial score (nSPS) is 15.8. The van der Waals surface area contributed by atoms with Crippen LogP contribution in [0.25, 0.3) is 11.0 Å². The van der Waals surface area contributed by atoms with Crippen LogP contribution in [0, 0.1) is 13.8 Å². The molecule has 1 amide bonds. The Morgan fingerprint density at radius 3 is 2.57 bits per heavy atom. The minimum Gasteiger partial charge on any atom is -0.467 e. The van der Waals surface area contributed by atoms with Crippen LogP contribution in [0.3, 0.4) is 0 Å². The molecule has 0 bridgehead atoms. The van der Waals surface area contributed by atoms with Crippen LogP contribution < -0.4 is 5.43 Å². The maximum absolute atomic E-state index is 13.6. The highest BCUT2D eigenvalue weighted by molar-refractivity contribution is 6.30. The Hall–Kier alpha value is -3.31. The molecule has 0 aliphatic carbocycles. The molecule has 1 unspecified atom stereocenters. The van der Waals surface area contributed by atoms with Gasteiger partial charge in [-0.25, -0.2) is 0 Å². The van der Waals surface area contributed by atoms with E-state index in [-0.39, 0.29) is 23.6 Å². The standard InChI is InChI=1S/C24H18ClNO4/c1-13-9-18-19(10-14(13)2)30-23-20(22(18)27)21(15-5-3-6-16(25)11-15)26(24(23)28)12-17-7-4-8-29-17/h3-11,21H,12H2,1-2H3. The van der Waals surface area contributed by atoms with Crippen molar-refractivity contribution in [3.63, 3.8) is 0 Å². The average Bonchev–Trinajstić information content (AvgIpc) is 3.32. The first-order valence-corrected chi connectivity index (χ1v) is 9.98. The van der Waals surface area contributed by atoms with Gasteiger partial charge >= 0.3 is 0 Å². The third-order valence-electron chi connectivity index (χ3n) is 5.65. The first kappa shape index (κ1) is 18.7. The van der Waals surface area contributed by atoms with Gasteiger partial charge in [0, 0.05) is 5.02 Å². The maximum Gasteiger partial charge on any atom is 0.291 e. The zero-order valence-corrected chi connectivity index (χ0v) is 17.2. The zero-order chi connectivity index (χ0) is 21.0. The number of fused-ring (bicyclic) bond motifs is 2. The number of nitrogens with zero attached hydrogens (tertiary/aromatic N) is 1. The molecule has 0 saturated carbocycles. The number of furan rings is 1. The molecule has 5 rings (SSSR count). The van der Waals surface area contributed by atoms with Crippen molar-refractivity contribution in [2.45, 2.75) is 26.4 Å². The van der Waals surface area contributed by atoms with Gasteiger partial charge in [-0.1, -0.05) is 23.7 Å². The molecule has 0 N–H and O–H groups in total. The van der Waals surface area contributed by atoms with Crippen molar-refractivity contribution in [2.24, 2.45) is 0 Å². The van der Waals surface area contributed by atoms with Gasteiger partial charge in [-0.3, -0.25) is 9.59 Å². The quantitative estimate of drug-likeness (QED) is 0.446. The van der Waals surface area contributed by atoms with Gasteiger partial charge < -0.3 is 13.7 Å². The van der Waals surface area contributed by atoms with E-state index in [1.165, 1.54) is 0 Å². The van der Waals surface area contributed by atoms with Crippen LogP contribution in [0.1, 0.15) is 44.6 Å². The Balaban J connectivity index is 1.77. The van der Waals surface area contributed by atoms with Crippen LogP contribution in [0.5, 0.6) is 0 Å². The van der Waals surface area contributed by atoms with E-state index >= 15 is 0 Å². The fraction of sp³-hybridized carbons (Fsp3) is 0.167. The summed E-state index contributed by atoms with van der Waals surface area (Å²) in [6, 6.07) is 13.8. The van der Waals surface area contributed by atoms with E-state index in [0.29, 0.717) is 27.3 Å². The van der Waals surface area contributed by atoms with Crippen molar-refractivity contribution >= 4 is 28.5 Å². The molecule has 2 aromatic carbocycles. The van der Waals surface area contributed by atoms with E-state index in [1.54, 1.807) is 41.5 Å². The Bertz CT molecular complexity index is 1350. The van der Waals surface area contributed by atoms with Gasteiger partial charge in [0.05, 0.1) is 29.8 Å². The van der Waals surface area contributed by atoms with Gasteiger partial charge in [0.25, 0.3) is 5.91 Å². The lowest BCUT2D eigenvalue weighted by atomic mass is 9.97. The molecule has 2 aromatic heterocycles. The number of rotatable bonds is 3. The topological polar surface area (TPSA) is 63.7 Å². The molecule has 0 fully saturated rings. The second-order valence-electron chi connectivity index (χ2n) is 7.58. The molecule has 0 saturated heterocycles. The lowest BCUT2D eigenvalue weighted by molar-refractivity contribution is 0.0701. The van der Waals surface area contributed by atoms with Gasteiger partial charge in [0.15, 0.2) is 5.43 Å². The second kappa shape index (κ2) is 6.89. The number of amides is 1. The third kappa shape index (κ3) is 2.85. The number of halogens is 1. The SMILES string of the molecule is Cc1cc2oc3c(c(=O)c2cc1C)C(c1cccc(Cl)c1)N(Cc1ccco1)C3=O. The molecule has 1 aliphatic rings. The molecule has 0 spiro atoms. The molecular formula is C24H18ClNO4. The summed E-state index contributed by atoms with van der Waals surface area (Å²) in [5.41, 5.74) is 3.29. The molecule has 1 aliphatic heterocycles. The summed E-state index contributed by atoms with van der Waals surface area (Å²) in [6.07, 6.45) is 1.56. The van der Waals surface area contributed by atoms with E-state index < -0.39 is 6.04 Å². The molecule has 3 heterocycles. The van der Waals surface area contributed by atoms with E-state index in [9.17, 15) is 9.59 Å². The van der Waals surface area contributed by atoms with Crippen LogP contribution in [0.2, 0.25) is 5.02 Å². The summed E-state index contributed by atoms with van der Waals surface area (Å²) >= 11 is 6.23. The number of hydrogen-bond acceptors (Lipinski definition) is 4. The van der Waals surface area contributed by atoms with E-state index in [1.807, 2.05) is 32.0 Å². The molecule has 1 atom stereocenters. The minimum atomic E-state index is -0.612. The number of carbonyl (C=O) groups excluding carboxylic acids is 1. The predicted octanol–water partition coefficient (Wildman–Crippen LogP) is 5.40. The van der Waals surface area contributed by atoms with Crippen molar-refractivity contribution < 1.29 is 13.6 Å². The monoisotopic (exact) mass is 419 g/mol. The lowest BCUT2D eigenvalue weighted by Gasteiger charge is -2.24. The fourth-order valence-electron chi connectivity index (χ4n) is 4.03. The highest BCUT2D eigenvalue weighted by Gasteiger charge is 2.43. The Morgan fingerprint density at radius 1 is 1.03 bits per heavy atom. The first-order chi connectivity index (χ1) is 14.4. The smallest absolute Gasteiger partial charge is 0.291 e. The van der Waals surface area contributed by atoms with Crippen LogP contribution in [-0.4, -0.2) is 10.8 Å². The van der Waals surface area contributed by atoms with Crippen LogP contribution in [0.15, 0.2) is 68.4 Å². The molecule has 6 heteroatoms. The second-order valence-corrected chi connectivity index (χ2v) is 8.01. The molecule has 0 radical (unpaired) electrons. The molecule has 150 valence electrons. The van der Waals surface area contributed by atoms with Crippen molar-refractivity contribution in [3.05, 3.63) is 104 Å². The summed E-state index contributed by atoms with van der Waals surface area (Å²) in [5.74, 6) is 0.350. The summed E-state index contributed by atoms with van der Waals surface area (Å²) in [6.45, 7) is 4.10. The highest BCUT2D eigenvalue weighted by Crippen LogP contribution is 2.40. The number of carbonyl (C=O) groups is 1. The highest BCUT2D eigenvalue weighted by atomic mass is 35.5. The van der Waals surface area contributed by atoms with E-state index in [0.717, 1.165) is 16.7 Å². The maximum atomic E-state index is 13.6. The van der Waals surface area contributed by atoms with Gasteiger partial charge in [-0.15, -0.1) is 0 Å².